The van der Waals surface area contributed by atoms with Gasteiger partial charge in [0, 0.05) is 6.54 Å². The molecule has 28 heavy (non-hydrogen) atoms. The molecule has 1 unspecified atom stereocenters. The molecule has 0 saturated carbocycles. The second-order valence-electron chi connectivity index (χ2n) is 6.99. The number of aromatic nitrogens is 2. The Morgan fingerprint density at radius 3 is 2.61 bits per heavy atom. The van der Waals surface area contributed by atoms with Crippen molar-refractivity contribution >= 4 is 16.9 Å². The van der Waals surface area contributed by atoms with Crippen LogP contribution in [0.15, 0.2) is 29.1 Å². The molecule has 0 bridgehead atoms. The van der Waals surface area contributed by atoms with E-state index in [-0.39, 0.29) is 11.0 Å². The lowest BCUT2D eigenvalue weighted by atomic mass is 10.2. The average molecular weight is 396 g/mol. The summed E-state index contributed by atoms with van der Waals surface area (Å²) in [4.78, 5) is 30.8. The van der Waals surface area contributed by atoms with Crippen molar-refractivity contribution < 1.29 is 18.0 Å². The van der Waals surface area contributed by atoms with Crippen LogP contribution in [0.4, 0.5) is 13.2 Å². The Bertz CT molecular complexity index is 904. The zero-order chi connectivity index (χ0) is 20.3. The van der Waals surface area contributed by atoms with Gasteiger partial charge in [-0.05, 0) is 58.0 Å². The molecular weight excluding hydrogens is 373 g/mol. The molecule has 1 aromatic carbocycles. The van der Waals surface area contributed by atoms with Gasteiger partial charge in [-0.15, -0.1) is 0 Å². The van der Waals surface area contributed by atoms with Crippen LogP contribution in [0.25, 0.3) is 11.0 Å². The van der Waals surface area contributed by atoms with Crippen molar-refractivity contribution in [2.24, 2.45) is 0 Å². The highest BCUT2D eigenvalue weighted by molar-refractivity contribution is 5.83. The number of nitrogens with zero attached hydrogens (tertiary/aromatic N) is 3. The Hall–Kier alpha value is -2.42. The molecule has 1 N–H and O–H groups in total. The van der Waals surface area contributed by atoms with Crippen molar-refractivity contribution in [3.05, 3.63) is 40.3 Å². The van der Waals surface area contributed by atoms with Crippen molar-refractivity contribution in [1.29, 1.82) is 0 Å². The highest BCUT2D eigenvalue weighted by atomic mass is 19.4. The molecule has 1 atom stereocenters. The Morgan fingerprint density at radius 1 is 1.25 bits per heavy atom. The van der Waals surface area contributed by atoms with Gasteiger partial charge in [0.05, 0.1) is 11.0 Å². The van der Waals surface area contributed by atoms with Gasteiger partial charge >= 0.3 is 6.18 Å². The van der Waals surface area contributed by atoms with Crippen LogP contribution in [-0.2, 0) is 11.0 Å². The van der Waals surface area contributed by atoms with Gasteiger partial charge < -0.3 is 10.2 Å². The number of likely N-dealkylation sites (tertiary alicyclic amines) is 1. The third kappa shape index (κ3) is 4.35. The largest absolute Gasteiger partial charge is 0.438 e. The number of benzene rings is 1. The standard InChI is InChI=1S/C19H23F3N4O2/c1-13(17(27)23-9-6-12-25-10-4-5-11-25)26-15-8-3-2-7-14(15)24-16(18(26)28)19(20,21)22/h2-3,7-8,13H,4-6,9-12H2,1H3,(H,23,27). The quantitative estimate of drug-likeness (QED) is 0.763. The number of alkyl halides is 3. The maximum Gasteiger partial charge on any atom is 0.438 e. The molecule has 1 saturated heterocycles. The number of rotatable bonds is 6. The number of carbonyl (C=O) groups excluding carboxylic acids is 1. The summed E-state index contributed by atoms with van der Waals surface area (Å²) in [5.74, 6) is -0.493. The van der Waals surface area contributed by atoms with E-state index in [1.165, 1.54) is 38.0 Å². The first kappa shape index (κ1) is 20.3. The highest BCUT2D eigenvalue weighted by Crippen LogP contribution is 2.27. The first-order valence-electron chi connectivity index (χ1n) is 9.37. The van der Waals surface area contributed by atoms with Crippen LogP contribution < -0.4 is 10.9 Å². The number of amides is 1. The van der Waals surface area contributed by atoms with Crippen LogP contribution in [-0.4, -0.2) is 46.5 Å². The van der Waals surface area contributed by atoms with Crippen LogP contribution in [0.2, 0.25) is 0 Å². The fourth-order valence-electron chi connectivity index (χ4n) is 3.51. The molecule has 1 amide bonds. The smallest absolute Gasteiger partial charge is 0.354 e. The lowest BCUT2D eigenvalue weighted by Crippen LogP contribution is -2.39. The van der Waals surface area contributed by atoms with E-state index < -0.39 is 29.4 Å². The number of nitrogens with one attached hydrogen (secondary N) is 1. The van der Waals surface area contributed by atoms with Crippen molar-refractivity contribution in [2.45, 2.75) is 38.4 Å². The number of hydrogen-bond acceptors (Lipinski definition) is 4. The molecule has 1 aromatic heterocycles. The summed E-state index contributed by atoms with van der Waals surface area (Å²) in [5, 5.41) is 2.73. The average Bonchev–Trinajstić information content (AvgIpc) is 3.16. The monoisotopic (exact) mass is 396 g/mol. The molecule has 0 spiro atoms. The first-order chi connectivity index (χ1) is 13.3. The molecule has 2 aromatic rings. The van der Waals surface area contributed by atoms with Gasteiger partial charge in [0.15, 0.2) is 0 Å². The maximum atomic E-state index is 13.2. The van der Waals surface area contributed by atoms with E-state index in [0.29, 0.717) is 6.54 Å². The van der Waals surface area contributed by atoms with Crippen LogP contribution in [0.3, 0.4) is 0 Å². The van der Waals surface area contributed by atoms with Crippen LogP contribution in [0, 0.1) is 0 Å². The summed E-state index contributed by atoms with van der Waals surface area (Å²) in [6.07, 6.45) is -1.78. The molecule has 0 aliphatic carbocycles. The summed E-state index contributed by atoms with van der Waals surface area (Å²) >= 11 is 0. The summed E-state index contributed by atoms with van der Waals surface area (Å²) in [5.41, 5.74) is -2.62. The van der Waals surface area contributed by atoms with Gasteiger partial charge in [0.1, 0.15) is 6.04 Å². The molecule has 2 heterocycles. The molecule has 6 nitrogen and oxygen atoms in total. The normalized spacial score (nSPS) is 16.4. The van der Waals surface area contributed by atoms with E-state index in [0.717, 1.165) is 30.6 Å². The second-order valence-corrected chi connectivity index (χ2v) is 6.99. The van der Waals surface area contributed by atoms with E-state index in [9.17, 15) is 22.8 Å². The van der Waals surface area contributed by atoms with E-state index in [1.807, 2.05) is 0 Å². The highest BCUT2D eigenvalue weighted by Gasteiger charge is 2.38. The van der Waals surface area contributed by atoms with Gasteiger partial charge in [0.25, 0.3) is 5.56 Å². The van der Waals surface area contributed by atoms with Crippen molar-refractivity contribution in [3.63, 3.8) is 0 Å². The zero-order valence-corrected chi connectivity index (χ0v) is 15.6. The topological polar surface area (TPSA) is 67.2 Å². The minimum Gasteiger partial charge on any atom is -0.354 e. The van der Waals surface area contributed by atoms with Crippen molar-refractivity contribution in [2.75, 3.05) is 26.2 Å². The van der Waals surface area contributed by atoms with Crippen LogP contribution in [0.1, 0.15) is 37.9 Å². The molecule has 1 aliphatic rings. The minimum atomic E-state index is -4.89. The number of hydrogen-bond donors (Lipinski definition) is 1. The Kier molecular flexibility index (Phi) is 6.02. The van der Waals surface area contributed by atoms with Gasteiger partial charge in [-0.2, -0.15) is 13.2 Å². The Balaban J connectivity index is 1.79. The summed E-state index contributed by atoms with van der Waals surface area (Å²) in [7, 11) is 0. The molecule has 152 valence electrons. The summed E-state index contributed by atoms with van der Waals surface area (Å²) in [6, 6.07) is 4.91. The van der Waals surface area contributed by atoms with Crippen molar-refractivity contribution in [1.82, 2.24) is 19.8 Å². The molecule has 1 fully saturated rings. The fourth-order valence-corrected chi connectivity index (χ4v) is 3.51. The Labute approximate surface area is 160 Å². The van der Waals surface area contributed by atoms with E-state index in [2.05, 4.69) is 15.2 Å². The molecule has 1 aliphatic heterocycles. The third-order valence-corrected chi connectivity index (χ3v) is 4.98. The van der Waals surface area contributed by atoms with Gasteiger partial charge in [-0.25, -0.2) is 4.98 Å². The molecule has 0 radical (unpaired) electrons. The SMILES string of the molecule is CC(C(=O)NCCCN1CCCC1)n1c(=O)c(C(F)(F)F)nc2ccccc21. The van der Waals surface area contributed by atoms with E-state index in [1.54, 1.807) is 6.07 Å². The second kappa shape index (κ2) is 8.30. The first-order valence-corrected chi connectivity index (χ1v) is 9.37. The number of fused-ring (bicyclic) bond motifs is 1. The van der Waals surface area contributed by atoms with E-state index >= 15 is 0 Å². The van der Waals surface area contributed by atoms with Crippen LogP contribution >= 0.6 is 0 Å². The molecule has 3 rings (SSSR count). The molecule has 9 heteroatoms. The third-order valence-electron chi connectivity index (χ3n) is 4.98. The summed E-state index contributed by atoms with van der Waals surface area (Å²) < 4.78 is 40.6. The van der Waals surface area contributed by atoms with Gasteiger partial charge in [-0.3, -0.25) is 14.2 Å². The van der Waals surface area contributed by atoms with E-state index in [4.69, 9.17) is 0 Å². The maximum absolute atomic E-state index is 13.2. The van der Waals surface area contributed by atoms with Crippen molar-refractivity contribution in [3.8, 4) is 0 Å². The number of carbonyl (C=O) groups is 1. The predicted octanol–water partition coefficient (Wildman–Crippen LogP) is 2.58. The van der Waals surface area contributed by atoms with Crippen LogP contribution in [0.5, 0.6) is 0 Å². The Morgan fingerprint density at radius 2 is 1.93 bits per heavy atom. The molecular formula is C19H23F3N4O2. The zero-order valence-electron chi connectivity index (χ0n) is 15.6. The minimum absolute atomic E-state index is 0.0168. The fraction of sp³-hybridized carbons (Fsp3) is 0.526. The van der Waals surface area contributed by atoms with Gasteiger partial charge in [-0.1, -0.05) is 12.1 Å². The summed E-state index contributed by atoms with van der Waals surface area (Å²) in [6.45, 7) is 4.81. The lowest BCUT2D eigenvalue weighted by Gasteiger charge is -2.20. The van der Waals surface area contributed by atoms with Gasteiger partial charge in [0.2, 0.25) is 11.6 Å². The number of para-hydroxylation sites is 2. The predicted molar refractivity (Wildman–Crippen MR) is 99.0 cm³/mol. The lowest BCUT2D eigenvalue weighted by molar-refractivity contribution is -0.142. The number of halogens is 3.